The van der Waals surface area contributed by atoms with Gasteiger partial charge in [0.1, 0.15) is 6.54 Å². The molecular weight excluding hydrogens is 354 g/mol. The zero-order chi connectivity index (χ0) is 20.4. The van der Waals surface area contributed by atoms with E-state index in [1.165, 1.54) is 32.1 Å². The first kappa shape index (κ1) is 22.9. The van der Waals surface area contributed by atoms with Crippen LogP contribution in [-0.2, 0) is 9.53 Å². The van der Waals surface area contributed by atoms with Gasteiger partial charge in [-0.3, -0.25) is 9.69 Å². The van der Waals surface area contributed by atoms with Crippen LogP contribution in [0.5, 0.6) is 0 Å². The molecule has 1 saturated carbocycles. The second-order valence-corrected chi connectivity index (χ2v) is 9.03. The van der Waals surface area contributed by atoms with Gasteiger partial charge in [-0.15, -0.1) is 0 Å². The normalized spacial score (nSPS) is 20.8. The number of nitrogens with zero attached hydrogens (tertiary/aromatic N) is 3. The molecular formula is C21H41N5O2. The number of amides is 1. The summed E-state index contributed by atoms with van der Waals surface area (Å²) in [6, 6.07) is 0. The van der Waals surface area contributed by atoms with E-state index in [2.05, 4.69) is 34.4 Å². The number of rotatable bonds is 8. The molecule has 0 bridgehead atoms. The lowest BCUT2D eigenvalue weighted by molar-refractivity contribution is -0.127. The number of hydrogen-bond acceptors (Lipinski definition) is 4. The van der Waals surface area contributed by atoms with E-state index in [0.717, 1.165) is 51.9 Å². The Morgan fingerprint density at radius 3 is 2.43 bits per heavy atom. The van der Waals surface area contributed by atoms with Gasteiger partial charge in [-0.2, -0.15) is 0 Å². The van der Waals surface area contributed by atoms with Crippen LogP contribution in [0.25, 0.3) is 0 Å². The number of ether oxygens (including phenoxy) is 1. The molecule has 0 aromatic heterocycles. The first-order valence-electron chi connectivity index (χ1n) is 10.9. The minimum absolute atomic E-state index is 0.0198. The Labute approximate surface area is 171 Å². The molecule has 0 spiro atoms. The van der Waals surface area contributed by atoms with E-state index in [-0.39, 0.29) is 17.9 Å². The molecule has 2 aliphatic rings. The number of nitrogens with one attached hydrogen (secondary N) is 2. The third-order valence-corrected chi connectivity index (χ3v) is 5.76. The van der Waals surface area contributed by atoms with Crippen LogP contribution in [0, 0.1) is 11.3 Å². The highest BCUT2D eigenvalue weighted by molar-refractivity contribution is 5.84. The largest absolute Gasteiger partial charge is 0.379 e. The number of guanidine groups is 1. The highest BCUT2D eigenvalue weighted by atomic mass is 16.5. The van der Waals surface area contributed by atoms with Gasteiger partial charge in [-0.05, 0) is 18.8 Å². The average Bonchev–Trinajstić information content (AvgIpc) is 2.68. The number of hydrogen-bond donors (Lipinski definition) is 2. The van der Waals surface area contributed by atoms with E-state index in [1.807, 2.05) is 0 Å². The summed E-state index contributed by atoms with van der Waals surface area (Å²) in [6.07, 6.45) is 6.46. The van der Waals surface area contributed by atoms with Crippen molar-refractivity contribution in [1.29, 1.82) is 0 Å². The SMILES string of the molecule is CC(C)CNC(=NCC(=O)N(C)C)NCC1(CN2CCOCC2)CCCCC1. The molecule has 1 aliphatic heterocycles. The number of likely N-dealkylation sites (N-methyl/N-ethyl adjacent to an activating group) is 1. The van der Waals surface area contributed by atoms with Crippen LogP contribution >= 0.6 is 0 Å². The van der Waals surface area contributed by atoms with Gasteiger partial charge in [0.05, 0.1) is 13.2 Å². The van der Waals surface area contributed by atoms with Crippen LogP contribution in [0.4, 0.5) is 0 Å². The van der Waals surface area contributed by atoms with E-state index < -0.39 is 0 Å². The van der Waals surface area contributed by atoms with Crippen LogP contribution in [0.15, 0.2) is 4.99 Å². The predicted molar refractivity (Wildman–Crippen MR) is 115 cm³/mol. The predicted octanol–water partition coefficient (Wildman–Crippen LogP) is 1.55. The van der Waals surface area contributed by atoms with Crippen molar-refractivity contribution >= 4 is 11.9 Å². The third-order valence-electron chi connectivity index (χ3n) is 5.76. The van der Waals surface area contributed by atoms with E-state index in [9.17, 15) is 4.79 Å². The van der Waals surface area contributed by atoms with Crippen molar-refractivity contribution in [3.05, 3.63) is 0 Å². The molecule has 0 unspecified atom stereocenters. The van der Waals surface area contributed by atoms with Gasteiger partial charge in [-0.25, -0.2) is 4.99 Å². The van der Waals surface area contributed by atoms with Gasteiger partial charge in [-0.1, -0.05) is 33.1 Å². The first-order chi connectivity index (χ1) is 13.4. The van der Waals surface area contributed by atoms with Crippen LogP contribution in [0.3, 0.4) is 0 Å². The fourth-order valence-corrected chi connectivity index (χ4v) is 3.96. The van der Waals surface area contributed by atoms with E-state index in [4.69, 9.17) is 4.74 Å². The summed E-state index contributed by atoms with van der Waals surface area (Å²) < 4.78 is 5.53. The molecule has 1 amide bonds. The maximum atomic E-state index is 12.0. The van der Waals surface area contributed by atoms with Crippen LogP contribution in [0.1, 0.15) is 46.0 Å². The molecule has 162 valence electrons. The summed E-state index contributed by atoms with van der Waals surface area (Å²) in [6.45, 7) is 11.2. The number of morpholine rings is 1. The van der Waals surface area contributed by atoms with Gasteiger partial charge < -0.3 is 20.3 Å². The molecule has 0 aromatic carbocycles. The fourth-order valence-electron chi connectivity index (χ4n) is 3.96. The molecule has 2 rings (SSSR count). The Hall–Kier alpha value is -1.34. The monoisotopic (exact) mass is 395 g/mol. The molecule has 7 heteroatoms. The van der Waals surface area contributed by atoms with Crippen molar-refractivity contribution in [2.24, 2.45) is 16.3 Å². The summed E-state index contributed by atoms with van der Waals surface area (Å²) in [5.74, 6) is 1.30. The first-order valence-corrected chi connectivity index (χ1v) is 10.9. The summed E-state index contributed by atoms with van der Waals surface area (Å²) in [5, 5.41) is 6.99. The minimum Gasteiger partial charge on any atom is -0.379 e. The Bertz CT molecular complexity index is 495. The molecule has 2 fully saturated rings. The van der Waals surface area contributed by atoms with Gasteiger partial charge in [0.25, 0.3) is 0 Å². The van der Waals surface area contributed by atoms with Gasteiger partial charge in [0.2, 0.25) is 5.91 Å². The number of carbonyl (C=O) groups excluding carboxylic acids is 1. The Morgan fingerprint density at radius 1 is 1.14 bits per heavy atom. The van der Waals surface area contributed by atoms with Crippen LogP contribution in [0.2, 0.25) is 0 Å². The van der Waals surface area contributed by atoms with Gasteiger partial charge >= 0.3 is 0 Å². The molecule has 1 heterocycles. The van der Waals surface area contributed by atoms with Crippen molar-refractivity contribution in [3.8, 4) is 0 Å². The highest BCUT2D eigenvalue weighted by Crippen LogP contribution is 2.36. The third kappa shape index (κ3) is 7.95. The van der Waals surface area contributed by atoms with Crippen LogP contribution in [-0.4, -0.2) is 88.2 Å². The fraction of sp³-hybridized carbons (Fsp3) is 0.905. The Balaban J connectivity index is 1.99. The number of aliphatic imine (C=N–C) groups is 1. The molecule has 2 N–H and O–H groups in total. The molecule has 0 aromatic rings. The Kier molecular flexibility index (Phi) is 9.51. The summed E-state index contributed by atoms with van der Waals surface area (Å²) in [5.41, 5.74) is 0.279. The highest BCUT2D eigenvalue weighted by Gasteiger charge is 2.34. The lowest BCUT2D eigenvalue weighted by Crippen LogP contribution is -2.51. The molecule has 28 heavy (non-hydrogen) atoms. The quantitative estimate of drug-likeness (QED) is 0.482. The van der Waals surface area contributed by atoms with Crippen molar-refractivity contribution in [3.63, 3.8) is 0 Å². The Morgan fingerprint density at radius 2 is 1.82 bits per heavy atom. The smallest absolute Gasteiger partial charge is 0.243 e. The summed E-state index contributed by atoms with van der Waals surface area (Å²) in [4.78, 5) is 20.7. The van der Waals surface area contributed by atoms with E-state index >= 15 is 0 Å². The second-order valence-electron chi connectivity index (χ2n) is 9.03. The van der Waals surface area contributed by atoms with Crippen molar-refractivity contribution in [1.82, 2.24) is 20.4 Å². The van der Waals surface area contributed by atoms with Gasteiger partial charge in [0.15, 0.2) is 5.96 Å². The van der Waals surface area contributed by atoms with Gasteiger partial charge in [0, 0.05) is 52.2 Å². The zero-order valence-corrected chi connectivity index (χ0v) is 18.4. The molecule has 1 aliphatic carbocycles. The standard InChI is InChI=1S/C21H41N5O2/c1-18(2)14-22-20(23-15-19(27)25(3)4)24-16-21(8-6-5-7-9-21)17-26-10-12-28-13-11-26/h18H,5-17H2,1-4H3,(H2,22,23,24). The number of carbonyl (C=O) groups is 1. The van der Waals surface area contributed by atoms with Crippen LogP contribution < -0.4 is 10.6 Å². The van der Waals surface area contributed by atoms with E-state index in [1.54, 1.807) is 19.0 Å². The lowest BCUT2D eigenvalue weighted by Gasteiger charge is -2.42. The average molecular weight is 396 g/mol. The lowest BCUT2D eigenvalue weighted by atomic mass is 9.73. The maximum absolute atomic E-state index is 12.0. The van der Waals surface area contributed by atoms with Crippen molar-refractivity contribution in [2.45, 2.75) is 46.0 Å². The van der Waals surface area contributed by atoms with E-state index in [0.29, 0.717) is 5.92 Å². The summed E-state index contributed by atoms with van der Waals surface area (Å²) >= 11 is 0. The zero-order valence-electron chi connectivity index (χ0n) is 18.4. The van der Waals surface area contributed by atoms with Crippen molar-refractivity contribution in [2.75, 3.05) is 66.6 Å². The maximum Gasteiger partial charge on any atom is 0.243 e. The molecule has 0 radical (unpaired) electrons. The second kappa shape index (κ2) is 11.6. The summed E-state index contributed by atoms with van der Waals surface area (Å²) in [7, 11) is 3.54. The van der Waals surface area contributed by atoms with Crippen molar-refractivity contribution < 1.29 is 9.53 Å². The molecule has 1 saturated heterocycles. The topological polar surface area (TPSA) is 69.2 Å². The minimum atomic E-state index is 0.0198. The molecule has 0 atom stereocenters. The molecule has 7 nitrogen and oxygen atoms in total.